The van der Waals surface area contributed by atoms with Crippen LogP contribution in [0.2, 0.25) is 0 Å². The highest BCUT2D eigenvalue weighted by Gasteiger charge is 2.02. The molecule has 0 aromatic carbocycles. The predicted molar refractivity (Wildman–Crippen MR) is 74.0 cm³/mol. The maximum Gasteiger partial charge on any atom is 0.158 e. The minimum absolute atomic E-state index is 0.323. The van der Waals surface area contributed by atoms with Crippen molar-refractivity contribution in [1.82, 2.24) is 0 Å². The molecule has 1 rings (SSSR count). The van der Waals surface area contributed by atoms with Gasteiger partial charge in [-0.2, -0.15) is 0 Å². The fourth-order valence-electron chi connectivity index (χ4n) is 1.94. The molecular weight excluding hydrogens is 208 g/mol. The number of carbonyl (C=O) groups is 1. The quantitative estimate of drug-likeness (QED) is 0.589. The lowest BCUT2D eigenvalue weighted by atomic mass is 10.0. The van der Waals surface area contributed by atoms with Gasteiger partial charge in [-0.1, -0.05) is 36.8 Å². The lowest BCUT2D eigenvalue weighted by Crippen LogP contribution is -1.99. The van der Waals surface area contributed by atoms with Crippen molar-refractivity contribution in [2.75, 3.05) is 0 Å². The molecule has 0 unspecified atom stereocenters. The van der Waals surface area contributed by atoms with E-state index in [-0.39, 0.29) is 0 Å². The molecule has 0 aromatic heterocycles. The summed E-state index contributed by atoms with van der Waals surface area (Å²) < 4.78 is 0. The third-order valence-electron chi connectivity index (χ3n) is 3.12. The highest BCUT2D eigenvalue weighted by atomic mass is 16.1. The molecule has 0 N–H and O–H groups in total. The van der Waals surface area contributed by atoms with Gasteiger partial charge in [0.25, 0.3) is 0 Å². The zero-order valence-corrected chi connectivity index (χ0v) is 11.0. The Labute approximate surface area is 105 Å². The Bertz CT molecular complexity index is 307. The van der Waals surface area contributed by atoms with Crippen LogP contribution in [0.4, 0.5) is 0 Å². The lowest BCUT2D eigenvalue weighted by Gasteiger charge is -2.00. The van der Waals surface area contributed by atoms with Crippen molar-refractivity contribution in [1.29, 1.82) is 0 Å². The van der Waals surface area contributed by atoms with E-state index in [1.807, 2.05) is 6.92 Å². The van der Waals surface area contributed by atoms with Crippen LogP contribution in [-0.2, 0) is 4.79 Å². The summed E-state index contributed by atoms with van der Waals surface area (Å²) >= 11 is 0. The summed E-state index contributed by atoms with van der Waals surface area (Å²) in [6.07, 6.45) is 19.3. The molecular formula is C16H24O. The van der Waals surface area contributed by atoms with Crippen molar-refractivity contribution in [3.63, 3.8) is 0 Å². The van der Waals surface area contributed by atoms with Crippen LogP contribution < -0.4 is 0 Å². The van der Waals surface area contributed by atoms with Gasteiger partial charge >= 0.3 is 0 Å². The molecule has 1 nitrogen and oxygen atoms in total. The summed E-state index contributed by atoms with van der Waals surface area (Å²) in [5, 5.41) is 0. The summed E-state index contributed by atoms with van der Waals surface area (Å²) in [5.41, 5.74) is 0.960. The molecule has 0 atom stereocenters. The Balaban J connectivity index is 2.47. The van der Waals surface area contributed by atoms with E-state index in [9.17, 15) is 4.79 Å². The molecule has 17 heavy (non-hydrogen) atoms. The standard InChI is InChI=1S/C16H24O/c1-15-13-11-9-7-5-3-2-4-6-8-10-12-14-16(15)17/h2,4,6,8,13H,3,5,7,9-12,14H2,1H3/b4-2+,8-6-,15-13+. The van der Waals surface area contributed by atoms with Gasteiger partial charge in [0.2, 0.25) is 0 Å². The van der Waals surface area contributed by atoms with Crippen molar-refractivity contribution in [2.24, 2.45) is 0 Å². The van der Waals surface area contributed by atoms with Crippen LogP contribution in [0.3, 0.4) is 0 Å². The van der Waals surface area contributed by atoms with E-state index in [1.165, 1.54) is 25.7 Å². The monoisotopic (exact) mass is 232 g/mol. The Morgan fingerprint density at radius 3 is 2.29 bits per heavy atom. The number of Topliss-reactive ketones (excluding diaryl/α,β-unsaturated/α-hetero) is 1. The summed E-state index contributed by atoms with van der Waals surface area (Å²) in [4.78, 5) is 11.7. The minimum Gasteiger partial charge on any atom is -0.295 e. The van der Waals surface area contributed by atoms with Gasteiger partial charge in [0.1, 0.15) is 0 Å². The second kappa shape index (κ2) is 8.98. The largest absolute Gasteiger partial charge is 0.295 e. The normalized spacial score (nSPS) is 27.4. The van der Waals surface area contributed by atoms with Crippen molar-refractivity contribution in [2.45, 2.75) is 58.3 Å². The van der Waals surface area contributed by atoms with E-state index in [2.05, 4.69) is 30.4 Å². The number of ketones is 1. The second-order valence-corrected chi connectivity index (χ2v) is 4.70. The molecule has 0 spiro atoms. The van der Waals surface area contributed by atoms with Gasteiger partial charge in [0.15, 0.2) is 5.78 Å². The maximum absolute atomic E-state index is 11.7. The Morgan fingerprint density at radius 1 is 0.882 bits per heavy atom. The summed E-state index contributed by atoms with van der Waals surface area (Å²) in [6, 6.07) is 0. The van der Waals surface area contributed by atoms with Crippen molar-refractivity contribution in [3.8, 4) is 0 Å². The number of rotatable bonds is 0. The molecule has 0 bridgehead atoms. The highest BCUT2D eigenvalue weighted by molar-refractivity contribution is 5.94. The van der Waals surface area contributed by atoms with Gasteiger partial charge in [-0.05, 0) is 51.0 Å². The molecule has 0 aromatic rings. The lowest BCUT2D eigenvalue weighted by molar-refractivity contribution is -0.115. The smallest absolute Gasteiger partial charge is 0.158 e. The Hall–Kier alpha value is -1.11. The first-order valence-corrected chi connectivity index (χ1v) is 6.82. The topological polar surface area (TPSA) is 17.1 Å². The molecule has 0 heterocycles. The summed E-state index contributed by atoms with van der Waals surface area (Å²) in [6.45, 7) is 1.96. The van der Waals surface area contributed by atoms with Gasteiger partial charge in [0.05, 0.1) is 0 Å². The molecule has 0 fully saturated rings. The maximum atomic E-state index is 11.7. The van der Waals surface area contributed by atoms with Crippen LogP contribution >= 0.6 is 0 Å². The van der Waals surface area contributed by atoms with Gasteiger partial charge in [-0.3, -0.25) is 4.79 Å². The number of hydrogen-bond donors (Lipinski definition) is 0. The van der Waals surface area contributed by atoms with E-state index >= 15 is 0 Å². The third-order valence-corrected chi connectivity index (χ3v) is 3.12. The second-order valence-electron chi connectivity index (χ2n) is 4.70. The van der Waals surface area contributed by atoms with E-state index < -0.39 is 0 Å². The van der Waals surface area contributed by atoms with Crippen LogP contribution in [0.5, 0.6) is 0 Å². The number of hydrogen-bond acceptors (Lipinski definition) is 1. The van der Waals surface area contributed by atoms with Crippen molar-refractivity contribution >= 4 is 5.78 Å². The molecule has 1 heteroatoms. The fourth-order valence-corrected chi connectivity index (χ4v) is 1.94. The molecule has 94 valence electrons. The minimum atomic E-state index is 0.323. The van der Waals surface area contributed by atoms with Gasteiger partial charge in [-0.25, -0.2) is 0 Å². The fraction of sp³-hybridized carbons (Fsp3) is 0.562. The predicted octanol–water partition coefficient (Wildman–Crippen LogP) is 4.75. The van der Waals surface area contributed by atoms with Gasteiger partial charge < -0.3 is 0 Å². The zero-order chi connectivity index (χ0) is 12.3. The van der Waals surface area contributed by atoms with Crippen LogP contribution in [0.15, 0.2) is 36.0 Å². The van der Waals surface area contributed by atoms with Gasteiger partial charge in [0, 0.05) is 6.42 Å². The first-order valence-electron chi connectivity index (χ1n) is 6.82. The Morgan fingerprint density at radius 2 is 1.53 bits per heavy atom. The van der Waals surface area contributed by atoms with Crippen molar-refractivity contribution in [3.05, 3.63) is 36.0 Å². The number of allylic oxidation sites excluding steroid dienone is 6. The van der Waals surface area contributed by atoms with E-state index in [4.69, 9.17) is 0 Å². The van der Waals surface area contributed by atoms with E-state index in [0.717, 1.165) is 24.8 Å². The van der Waals surface area contributed by atoms with Crippen LogP contribution in [0.1, 0.15) is 58.3 Å². The molecule has 1 aliphatic carbocycles. The molecule has 0 aliphatic heterocycles. The van der Waals surface area contributed by atoms with E-state index in [1.54, 1.807) is 0 Å². The van der Waals surface area contributed by atoms with E-state index in [0.29, 0.717) is 12.2 Å². The highest BCUT2D eigenvalue weighted by Crippen LogP contribution is 2.10. The molecule has 0 saturated carbocycles. The zero-order valence-electron chi connectivity index (χ0n) is 11.0. The SMILES string of the molecule is C/C1=C\CCCCC/C=C/C=C\CCCC1=O. The average Bonchev–Trinajstić information content (AvgIpc) is 2.34. The third kappa shape index (κ3) is 6.93. The first-order chi connectivity index (χ1) is 8.30. The molecule has 0 saturated heterocycles. The Kier molecular flexibility index (Phi) is 7.37. The van der Waals surface area contributed by atoms with Crippen molar-refractivity contribution < 1.29 is 4.79 Å². The first kappa shape index (κ1) is 14.0. The summed E-state index contributed by atoms with van der Waals surface area (Å²) in [5.74, 6) is 0.323. The summed E-state index contributed by atoms with van der Waals surface area (Å²) in [7, 11) is 0. The average molecular weight is 232 g/mol. The van der Waals surface area contributed by atoms with Crippen LogP contribution in [0, 0.1) is 0 Å². The molecule has 0 radical (unpaired) electrons. The van der Waals surface area contributed by atoms with Crippen LogP contribution in [-0.4, -0.2) is 5.78 Å². The van der Waals surface area contributed by atoms with Crippen LogP contribution in [0.25, 0.3) is 0 Å². The van der Waals surface area contributed by atoms with Gasteiger partial charge in [-0.15, -0.1) is 0 Å². The molecule has 0 amide bonds. The molecule has 1 aliphatic rings. The number of carbonyl (C=O) groups excluding carboxylic acids is 1.